The molecule has 0 spiro atoms. The third-order valence-corrected chi connectivity index (χ3v) is 6.19. The van der Waals surface area contributed by atoms with Gasteiger partial charge in [0, 0.05) is 39.1 Å². The number of aliphatic imine (C=N–C) groups is 1. The van der Waals surface area contributed by atoms with E-state index >= 15 is 0 Å². The van der Waals surface area contributed by atoms with Crippen LogP contribution < -0.4 is 14.8 Å². The highest BCUT2D eigenvalue weighted by Crippen LogP contribution is 2.32. The van der Waals surface area contributed by atoms with Gasteiger partial charge in [-0.2, -0.15) is 0 Å². The Hall–Kier alpha value is -1.63. The third-order valence-electron chi connectivity index (χ3n) is 5.37. The number of methoxy groups -OCH3 is 2. The van der Waals surface area contributed by atoms with Gasteiger partial charge in [0.25, 0.3) is 0 Å². The molecule has 1 atom stereocenters. The normalized spacial score (nSPS) is 15.6. The van der Waals surface area contributed by atoms with Crippen molar-refractivity contribution in [2.45, 2.75) is 19.5 Å². The van der Waals surface area contributed by atoms with Gasteiger partial charge in [-0.25, -0.2) is 4.98 Å². The lowest BCUT2D eigenvalue weighted by atomic mass is 10.0. The van der Waals surface area contributed by atoms with Gasteiger partial charge in [-0.1, -0.05) is 6.07 Å². The number of benzene rings is 1. The first kappa shape index (κ1) is 26.6. The number of hydrogen-bond donors (Lipinski definition) is 1. The maximum atomic E-state index is 5.58. The second kappa shape index (κ2) is 13.2. The Balaban J connectivity index is 0.00000363. The molecule has 0 aliphatic carbocycles. The zero-order valence-electron chi connectivity index (χ0n) is 19.5. The van der Waals surface area contributed by atoms with Gasteiger partial charge in [0.05, 0.1) is 50.7 Å². The summed E-state index contributed by atoms with van der Waals surface area (Å²) in [5, 5.41) is 6.73. The van der Waals surface area contributed by atoms with Crippen molar-refractivity contribution in [2.24, 2.45) is 4.99 Å². The minimum absolute atomic E-state index is 0. The average molecular weight is 576 g/mol. The topological polar surface area (TPSA) is 71.5 Å². The van der Waals surface area contributed by atoms with Gasteiger partial charge in [-0.05, 0) is 24.6 Å². The Kier molecular flexibility index (Phi) is 11.0. The zero-order chi connectivity index (χ0) is 22.2. The number of guanidine groups is 1. The van der Waals surface area contributed by atoms with Crippen molar-refractivity contribution in [3.05, 3.63) is 39.8 Å². The summed E-state index contributed by atoms with van der Waals surface area (Å²) in [6, 6.07) is 6.28. The Labute approximate surface area is 212 Å². The van der Waals surface area contributed by atoms with Crippen LogP contribution in [0.1, 0.15) is 22.3 Å². The number of aryl methyl sites for hydroxylation is 1. The van der Waals surface area contributed by atoms with Crippen molar-refractivity contribution >= 4 is 41.3 Å². The lowest BCUT2D eigenvalue weighted by Crippen LogP contribution is -2.46. The monoisotopic (exact) mass is 575 g/mol. The van der Waals surface area contributed by atoms with Crippen LogP contribution >= 0.6 is 35.3 Å². The van der Waals surface area contributed by atoms with E-state index in [0.29, 0.717) is 13.1 Å². The molecule has 10 heteroatoms. The molecule has 0 amide bonds. The van der Waals surface area contributed by atoms with Crippen LogP contribution in [0.5, 0.6) is 11.5 Å². The summed E-state index contributed by atoms with van der Waals surface area (Å²) in [4.78, 5) is 13.6. The van der Waals surface area contributed by atoms with E-state index in [9.17, 15) is 0 Å². The summed E-state index contributed by atoms with van der Waals surface area (Å²) in [6.45, 7) is 6.69. The van der Waals surface area contributed by atoms with E-state index in [2.05, 4.69) is 42.6 Å². The molecule has 1 aromatic heterocycles. The number of aromatic nitrogens is 1. The number of morpholine rings is 1. The SMILES string of the molecule is CN=C(NCC(c1ccc(OC)c(OC)c1)N1CCOCC1)N(C)Cc1csc(C)n1.I. The summed E-state index contributed by atoms with van der Waals surface area (Å²) >= 11 is 1.67. The van der Waals surface area contributed by atoms with Crippen LogP contribution in [0.2, 0.25) is 0 Å². The summed E-state index contributed by atoms with van der Waals surface area (Å²) in [6.07, 6.45) is 0. The number of rotatable bonds is 8. The van der Waals surface area contributed by atoms with E-state index < -0.39 is 0 Å². The predicted molar refractivity (Wildman–Crippen MR) is 140 cm³/mol. The van der Waals surface area contributed by atoms with E-state index in [1.54, 1.807) is 25.6 Å². The number of halogens is 1. The highest BCUT2D eigenvalue weighted by Gasteiger charge is 2.24. The smallest absolute Gasteiger partial charge is 0.193 e. The van der Waals surface area contributed by atoms with E-state index in [-0.39, 0.29) is 30.0 Å². The van der Waals surface area contributed by atoms with Crippen molar-refractivity contribution in [3.8, 4) is 11.5 Å². The molecule has 1 N–H and O–H groups in total. The van der Waals surface area contributed by atoms with Crippen LogP contribution in [-0.2, 0) is 11.3 Å². The lowest BCUT2D eigenvalue weighted by Gasteiger charge is -2.36. The van der Waals surface area contributed by atoms with Crippen molar-refractivity contribution in [1.82, 2.24) is 20.1 Å². The molecule has 8 nitrogen and oxygen atoms in total. The van der Waals surface area contributed by atoms with Gasteiger partial charge >= 0.3 is 0 Å². The Morgan fingerprint density at radius 1 is 1.28 bits per heavy atom. The Morgan fingerprint density at radius 3 is 2.59 bits per heavy atom. The largest absolute Gasteiger partial charge is 0.493 e. The molecule has 32 heavy (non-hydrogen) atoms. The van der Waals surface area contributed by atoms with Crippen LogP contribution in [0.4, 0.5) is 0 Å². The fraction of sp³-hybridized carbons (Fsp3) is 0.545. The van der Waals surface area contributed by atoms with Crippen molar-refractivity contribution in [1.29, 1.82) is 0 Å². The molecule has 1 aliphatic heterocycles. The number of nitrogens with one attached hydrogen (secondary N) is 1. The zero-order valence-corrected chi connectivity index (χ0v) is 22.6. The molecule has 178 valence electrons. The van der Waals surface area contributed by atoms with E-state index in [4.69, 9.17) is 14.2 Å². The molecule has 1 fully saturated rings. The number of ether oxygens (including phenoxy) is 3. The molecule has 0 radical (unpaired) electrons. The highest BCUT2D eigenvalue weighted by atomic mass is 127. The van der Waals surface area contributed by atoms with Gasteiger partial charge in [-0.3, -0.25) is 9.89 Å². The minimum atomic E-state index is 0. The molecule has 0 saturated carbocycles. The molecular weight excluding hydrogens is 541 g/mol. The van der Waals surface area contributed by atoms with Crippen LogP contribution in [0.3, 0.4) is 0 Å². The van der Waals surface area contributed by atoms with Gasteiger partial charge in [0.1, 0.15) is 0 Å². The minimum Gasteiger partial charge on any atom is -0.493 e. The second-order valence-corrected chi connectivity index (χ2v) is 8.48. The molecular formula is C22H34IN5O3S. The summed E-state index contributed by atoms with van der Waals surface area (Å²) in [5.74, 6) is 2.30. The van der Waals surface area contributed by atoms with E-state index in [1.165, 1.54) is 5.56 Å². The first-order valence-corrected chi connectivity index (χ1v) is 11.3. The molecule has 1 unspecified atom stereocenters. The molecule has 1 aliphatic rings. The molecule has 2 heterocycles. The van der Waals surface area contributed by atoms with Crippen LogP contribution in [-0.4, -0.2) is 81.9 Å². The summed E-state index contributed by atoms with van der Waals surface area (Å²) in [5.41, 5.74) is 2.22. The van der Waals surface area contributed by atoms with Crippen molar-refractivity contribution < 1.29 is 14.2 Å². The molecule has 2 aromatic rings. The second-order valence-electron chi connectivity index (χ2n) is 7.42. The van der Waals surface area contributed by atoms with Crippen LogP contribution in [0.25, 0.3) is 0 Å². The number of hydrogen-bond acceptors (Lipinski definition) is 7. The lowest BCUT2D eigenvalue weighted by molar-refractivity contribution is 0.0168. The standard InChI is InChI=1S/C22H33N5O3S.HI/c1-16-25-18(15-31-16)14-26(3)22(23-2)24-13-19(27-8-10-30-11-9-27)17-6-7-20(28-4)21(12-17)29-5;/h6-7,12,15,19H,8-11,13-14H2,1-5H3,(H,23,24);1H. The maximum Gasteiger partial charge on any atom is 0.193 e. The Morgan fingerprint density at radius 2 is 2.00 bits per heavy atom. The van der Waals surface area contributed by atoms with Crippen LogP contribution in [0, 0.1) is 6.92 Å². The third kappa shape index (κ3) is 6.93. The van der Waals surface area contributed by atoms with E-state index in [0.717, 1.165) is 54.5 Å². The molecule has 3 rings (SSSR count). The fourth-order valence-corrected chi connectivity index (χ4v) is 4.38. The maximum absolute atomic E-state index is 5.58. The summed E-state index contributed by atoms with van der Waals surface area (Å²) in [7, 11) is 7.16. The highest BCUT2D eigenvalue weighted by molar-refractivity contribution is 14.0. The van der Waals surface area contributed by atoms with E-state index in [1.807, 2.05) is 27.1 Å². The van der Waals surface area contributed by atoms with Gasteiger partial charge in [0.15, 0.2) is 17.5 Å². The number of nitrogens with zero attached hydrogens (tertiary/aromatic N) is 4. The quantitative estimate of drug-likeness (QED) is 0.295. The van der Waals surface area contributed by atoms with Gasteiger partial charge in [0.2, 0.25) is 0 Å². The average Bonchev–Trinajstić information content (AvgIpc) is 3.21. The van der Waals surface area contributed by atoms with Gasteiger partial charge in [-0.15, -0.1) is 35.3 Å². The first-order chi connectivity index (χ1) is 15.0. The number of thiazole rings is 1. The van der Waals surface area contributed by atoms with Crippen molar-refractivity contribution in [2.75, 3.05) is 61.2 Å². The Bertz CT molecular complexity index is 873. The predicted octanol–water partition coefficient (Wildman–Crippen LogP) is 3.17. The van der Waals surface area contributed by atoms with Crippen molar-refractivity contribution in [3.63, 3.8) is 0 Å². The molecule has 0 bridgehead atoms. The first-order valence-electron chi connectivity index (χ1n) is 10.4. The molecule has 1 aromatic carbocycles. The fourth-order valence-electron chi connectivity index (χ4n) is 3.78. The van der Waals surface area contributed by atoms with Gasteiger partial charge < -0.3 is 24.4 Å². The van der Waals surface area contributed by atoms with Crippen LogP contribution in [0.15, 0.2) is 28.6 Å². The molecule has 1 saturated heterocycles. The summed E-state index contributed by atoms with van der Waals surface area (Å²) < 4.78 is 16.5.